The van der Waals surface area contributed by atoms with Crippen LogP contribution < -0.4 is 10.5 Å². The van der Waals surface area contributed by atoms with Crippen LogP contribution in [0.5, 0.6) is 0 Å². The average molecular weight is 303 g/mol. The summed E-state index contributed by atoms with van der Waals surface area (Å²) < 4.78 is 43.5. The summed E-state index contributed by atoms with van der Waals surface area (Å²) in [6, 6.07) is 1.08. The van der Waals surface area contributed by atoms with Crippen LogP contribution in [0.4, 0.5) is 15.2 Å². The lowest BCUT2D eigenvalue weighted by atomic mass is 10.1. The van der Waals surface area contributed by atoms with Gasteiger partial charge in [-0.2, -0.15) is 0 Å². The quantitative estimate of drug-likeness (QED) is 0.821. The molecule has 0 atom stereocenters. The van der Waals surface area contributed by atoms with Gasteiger partial charge in [0.05, 0.1) is 10.6 Å². The minimum absolute atomic E-state index is 0.0293. The summed E-state index contributed by atoms with van der Waals surface area (Å²) in [6.45, 7) is 2.93. The Morgan fingerprint density at radius 2 is 2.11 bits per heavy atom. The Bertz CT molecular complexity index is 715. The van der Waals surface area contributed by atoms with Crippen LogP contribution >= 0.6 is 11.5 Å². The number of aromatic nitrogens is 3. The van der Waals surface area contributed by atoms with Crippen LogP contribution in [-0.2, 0) is 10.0 Å². The van der Waals surface area contributed by atoms with Gasteiger partial charge in [0, 0.05) is 11.5 Å². The molecule has 0 fully saturated rings. The molecule has 0 unspecified atom stereocenters. The molecular formula is C9H10FN5O2S2. The summed E-state index contributed by atoms with van der Waals surface area (Å²) in [5, 5.41) is 6.80. The van der Waals surface area contributed by atoms with Gasteiger partial charge in [-0.25, -0.2) is 12.8 Å². The summed E-state index contributed by atoms with van der Waals surface area (Å²) in [4.78, 5) is -0.0680. The van der Waals surface area contributed by atoms with Crippen molar-refractivity contribution in [1.82, 2.24) is 14.8 Å². The van der Waals surface area contributed by atoms with Crippen molar-refractivity contribution in [2.24, 2.45) is 0 Å². The number of rotatable bonds is 3. The monoisotopic (exact) mass is 303 g/mol. The van der Waals surface area contributed by atoms with Crippen molar-refractivity contribution in [3.05, 3.63) is 23.0 Å². The zero-order valence-electron chi connectivity index (χ0n) is 10.0. The Morgan fingerprint density at radius 3 is 2.68 bits per heavy atom. The lowest BCUT2D eigenvalue weighted by Crippen LogP contribution is -2.17. The van der Waals surface area contributed by atoms with Crippen LogP contribution in [0.25, 0.3) is 0 Å². The van der Waals surface area contributed by atoms with Gasteiger partial charge < -0.3 is 5.73 Å². The number of hydrogen-bond donors (Lipinski definition) is 2. The zero-order valence-corrected chi connectivity index (χ0v) is 11.6. The van der Waals surface area contributed by atoms with Crippen molar-refractivity contribution in [2.75, 3.05) is 10.5 Å². The predicted molar refractivity (Wildman–Crippen MR) is 68.8 cm³/mol. The molecule has 10 heteroatoms. The van der Waals surface area contributed by atoms with E-state index in [0.717, 1.165) is 17.6 Å². The molecule has 102 valence electrons. The fraction of sp³-hybridized carbons (Fsp3) is 0.222. The number of nitrogens with one attached hydrogen (secondary N) is 1. The Hall–Kier alpha value is -1.81. The van der Waals surface area contributed by atoms with E-state index in [1.54, 1.807) is 0 Å². The van der Waals surface area contributed by atoms with E-state index >= 15 is 0 Å². The highest BCUT2D eigenvalue weighted by molar-refractivity contribution is 7.93. The van der Waals surface area contributed by atoms with Gasteiger partial charge in [-0.15, -0.1) is 0 Å². The zero-order chi connectivity index (χ0) is 14.2. The van der Waals surface area contributed by atoms with Crippen LogP contribution in [0.15, 0.2) is 11.0 Å². The molecule has 0 bridgehead atoms. The third-order valence-corrected chi connectivity index (χ3v) is 4.76. The summed E-state index contributed by atoms with van der Waals surface area (Å²) in [5.74, 6) is -0.647. The highest BCUT2D eigenvalue weighted by atomic mass is 32.2. The second kappa shape index (κ2) is 4.70. The normalized spacial score (nSPS) is 11.5. The lowest BCUT2D eigenvalue weighted by Gasteiger charge is -2.13. The molecule has 0 amide bonds. The number of anilines is 2. The van der Waals surface area contributed by atoms with Crippen LogP contribution in [0, 0.1) is 19.7 Å². The van der Waals surface area contributed by atoms with E-state index in [9.17, 15) is 12.8 Å². The van der Waals surface area contributed by atoms with E-state index in [0.29, 0.717) is 0 Å². The second-order valence-electron chi connectivity index (χ2n) is 3.82. The van der Waals surface area contributed by atoms with Crippen molar-refractivity contribution in [2.45, 2.75) is 18.7 Å². The molecule has 19 heavy (non-hydrogen) atoms. The van der Waals surface area contributed by atoms with E-state index in [2.05, 4.69) is 19.5 Å². The van der Waals surface area contributed by atoms with E-state index < -0.39 is 15.8 Å². The molecule has 0 aliphatic rings. The maximum Gasteiger partial charge on any atom is 0.264 e. The molecule has 0 saturated heterocycles. The number of nitrogen functional groups attached to an aromatic ring is 1. The molecule has 2 aromatic rings. The first-order valence-corrected chi connectivity index (χ1v) is 7.31. The average Bonchev–Trinajstić information content (AvgIpc) is 2.77. The van der Waals surface area contributed by atoms with Gasteiger partial charge in [0.1, 0.15) is 5.82 Å². The SMILES string of the molecule is Cc1cc(F)c(N)c(C)c1S(=O)(=O)Nc1nnns1. The fourth-order valence-corrected chi connectivity index (χ4v) is 3.75. The van der Waals surface area contributed by atoms with Gasteiger partial charge in [0.25, 0.3) is 10.0 Å². The van der Waals surface area contributed by atoms with Crippen molar-refractivity contribution in [1.29, 1.82) is 0 Å². The smallest absolute Gasteiger partial charge is 0.264 e. The maximum absolute atomic E-state index is 13.4. The van der Waals surface area contributed by atoms with Gasteiger partial charge in [-0.3, -0.25) is 4.72 Å². The highest BCUT2D eigenvalue weighted by Crippen LogP contribution is 2.28. The Labute approximate surface area is 112 Å². The summed E-state index contributed by atoms with van der Waals surface area (Å²) >= 11 is 0.796. The molecule has 0 saturated carbocycles. The van der Waals surface area contributed by atoms with Gasteiger partial charge in [0.15, 0.2) is 0 Å². The van der Waals surface area contributed by atoms with Crippen molar-refractivity contribution in [3.8, 4) is 0 Å². The third-order valence-electron chi connectivity index (χ3n) is 2.49. The predicted octanol–water partition coefficient (Wildman–Crippen LogP) is 1.07. The van der Waals surface area contributed by atoms with Gasteiger partial charge in [0.2, 0.25) is 5.13 Å². The molecule has 1 aromatic carbocycles. The number of sulfonamides is 1. The van der Waals surface area contributed by atoms with Crippen molar-refractivity contribution < 1.29 is 12.8 Å². The number of halogens is 1. The maximum atomic E-state index is 13.4. The molecule has 1 heterocycles. The molecule has 7 nitrogen and oxygen atoms in total. The first-order valence-electron chi connectivity index (χ1n) is 5.06. The number of nitrogens with zero attached hydrogens (tertiary/aromatic N) is 3. The molecule has 3 N–H and O–H groups in total. The van der Waals surface area contributed by atoms with Gasteiger partial charge in [-0.05, 0) is 36.3 Å². The molecular weight excluding hydrogens is 293 g/mol. The van der Waals surface area contributed by atoms with Crippen LogP contribution in [0.2, 0.25) is 0 Å². The summed E-state index contributed by atoms with van der Waals surface area (Å²) in [6.07, 6.45) is 0. The first-order chi connectivity index (χ1) is 8.83. The van der Waals surface area contributed by atoms with E-state index in [4.69, 9.17) is 5.73 Å². The lowest BCUT2D eigenvalue weighted by molar-refractivity contribution is 0.598. The molecule has 0 aliphatic carbocycles. The molecule has 0 spiro atoms. The number of nitrogens with two attached hydrogens (primary N) is 1. The minimum Gasteiger partial charge on any atom is -0.396 e. The molecule has 2 rings (SSSR count). The minimum atomic E-state index is -3.91. The number of aryl methyl sites for hydroxylation is 1. The van der Waals surface area contributed by atoms with Gasteiger partial charge >= 0.3 is 0 Å². The Balaban J connectivity index is 2.55. The molecule has 0 aliphatic heterocycles. The van der Waals surface area contributed by atoms with Crippen LogP contribution in [0.1, 0.15) is 11.1 Å². The number of hydrogen-bond acceptors (Lipinski definition) is 7. The molecule has 0 radical (unpaired) electrons. The van der Waals surface area contributed by atoms with Gasteiger partial charge in [-0.1, -0.05) is 9.59 Å². The standard InChI is InChI=1S/C9H10FN5O2S2/c1-4-3-6(10)7(11)5(2)8(4)19(16,17)13-9-12-14-15-18-9/h3H,11H2,1-2H3,(H,12,13,15). The molecule has 1 aromatic heterocycles. The summed E-state index contributed by atoms with van der Waals surface area (Å²) in [5.41, 5.74) is 5.74. The van der Waals surface area contributed by atoms with Crippen LogP contribution in [0.3, 0.4) is 0 Å². The highest BCUT2D eigenvalue weighted by Gasteiger charge is 2.24. The topological polar surface area (TPSA) is 111 Å². The Morgan fingerprint density at radius 1 is 1.42 bits per heavy atom. The van der Waals surface area contributed by atoms with E-state index in [1.807, 2.05) is 0 Å². The largest absolute Gasteiger partial charge is 0.396 e. The first kappa shape index (κ1) is 13.6. The summed E-state index contributed by atoms with van der Waals surface area (Å²) in [7, 11) is -3.91. The van der Waals surface area contributed by atoms with Crippen molar-refractivity contribution >= 4 is 32.4 Å². The second-order valence-corrected chi connectivity index (χ2v) is 6.17. The fourth-order valence-electron chi connectivity index (χ4n) is 1.68. The van der Waals surface area contributed by atoms with Crippen LogP contribution in [-0.4, -0.2) is 23.2 Å². The number of benzene rings is 1. The third kappa shape index (κ3) is 2.49. The van der Waals surface area contributed by atoms with E-state index in [-0.39, 0.29) is 26.8 Å². The Kier molecular flexibility index (Phi) is 3.37. The van der Waals surface area contributed by atoms with E-state index in [1.165, 1.54) is 13.8 Å². The van der Waals surface area contributed by atoms with Crippen molar-refractivity contribution in [3.63, 3.8) is 0 Å².